The van der Waals surface area contributed by atoms with Crippen molar-refractivity contribution in [3.05, 3.63) is 57.0 Å². The highest BCUT2D eigenvalue weighted by molar-refractivity contribution is 9.10. The van der Waals surface area contributed by atoms with Crippen LogP contribution < -0.4 is 5.32 Å². The van der Waals surface area contributed by atoms with Gasteiger partial charge in [0.05, 0.1) is 16.1 Å². The molecule has 0 aliphatic heterocycles. The highest BCUT2D eigenvalue weighted by Gasteiger charge is 2.09. The summed E-state index contributed by atoms with van der Waals surface area (Å²) in [6.45, 7) is 0. The van der Waals surface area contributed by atoms with Crippen LogP contribution in [0.5, 0.6) is 0 Å². The van der Waals surface area contributed by atoms with Gasteiger partial charge in [-0.3, -0.25) is 0 Å². The lowest BCUT2D eigenvalue weighted by molar-refractivity contribution is 0.0697. The maximum atomic E-state index is 11.0. The van der Waals surface area contributed by atoms with Gasteiger partial charge in [0.1, 0.15) is 6.07 Å². The third-order valence-electron chi connectivity index (χ3n) is 2.57. The molecule has 0 aliphatic rings. The second kappa shape index (κ2) is 5.95. The fraction of sp³-hybridized carbons (Fsp3) is 0. The predicted molar refractivity (Wildman–Crippen MR) is 80.6 cm³/mol. The third kappa shape index (κ3) is 3.10. The molecule has 0 spiro atoms. The molecule has 0 radical (unpaired) electrons. The van der Waals surface area contributed by atoms with E-state index in [9.17, 15) is 4.79 Å². The average Bonchev–Trinajstić information content (AvgIpc) is 2.41. The van der Waals surface area contributed by atoms with E-state index in [0.717, 1.165) is 5.69 Å². The topological polar surface area (TPSA) is 73.1 Å². The molecule has 0 aromatic heterocycles. The molecular formula is C14H8BrClN2O2. The van der Waals surface area contributed by atoms with Crippen molar-refractivity contribution in [1.82, 2.24) is 0 Å². The van der Waals surface area contributed by atoms with Gasteiger partial charge in [-0.2, -0.15) is 5.26 Å². The number of carboxylic acids is 1. The molecule has 0 unspecified atom stereocenters. The normalized spacial score (nSPS) is 9.85. The van der Waals surface area contributed by atoms with Crippen LogP contribution in [0.3, 0.4) is 0 Å². The zero-order valence-corrected chi connectivity index (χ0v) is 12.4. The van der Waals surface area contributed by atoms with Crippen molar-refractivity contribution in [2.75, 3.05) is 5.32 Å². The number of nitriles is 1. The van der Waals surface area contributed by atoms with Crippen molar-refractivity contribution in [2.45, 2.75) is 0 Å². The van der Waals surface area contributed by atoms with Gasteiger partial charge < -0.3 is 10.4 Å². The molecule has 0 amide bonds. The molecule has 0 heterocycles. The number of benzene rings is 2. The second-order valence-electron chi connectivity index (χ2n) is 3.93. The molecule has 0 saturated heterocycles. The molecule has 2 N–H and O–H groups in total. The molecule has 20 heavy (non-hydrogen) atoms. The highest BCUT2D eigenvalue weighted by atomic mass is 79.9. The summed E-state index contributed by atoms with van der Waals surface area (Å²) in [5.41, 5.74) is 1.89. The van der Waals surface area contributed by atoms with Crippen LogP contribution in [0, 0.1) is 11.3 Å². The lowest BCUT2D eigenvalue weighted by atomic mass is 10.2. The second-order valence-corrected chi connectivity index (χ2v) is 5.19. The quantitative estimate of drug-likeness (QED) is 0.858. The van der Waals surface area contributed by atoms with Crippen LogP contribution in [0.15, 0.2) is 40.9 Å². The Morgan fingerprint density at radius 3 is 2.50 bits per heavy atom. The average molecular weight is 352 g/mol. The Balaban J connectivity index is 2.31. The van der Waals surface area contributed by atoms with Gasteiger partial charge in [0.15, 0.2) is 0 Å². The fourth-order valence-corrected chi connectivity index (χ4v) is 2.28. The van der Waals surface area contributed by atoms with Crippen LogP contribution in [-0.4, -0.2) is 11.1 Å². The predicted octanol–water partition coefficient (Wildman–Crippen LogP) is 4.42. The minimum absolute atomic E-state index is 0.0318. The molecule has 100 valence electrons. The molecule has 2 aromatic carbocycles. The summed E-state index contributed by atoms with van der Waals surface area (Å²) < 4.78 is 0.664. The van der Waals surface area contributed by atoms with E-state index in [4.69, 9.17) is 22.0 Å². The summed E-state index contributed by atoms with van der Waals surface area (Å²) in [7, 11) is 0. The summed E-state index contributed by atoms with van der Waals surface area (Å²) in [4.78, 5) is 11.0. The molecule has 0 bridgehead atoms. The lowest BCUT2D eigenvalue weighted by Gasteiger charge is -2.09. The van der Waals surface area contributed by atoms with Crippen LogP contribution in [0.25, 0.3) is 0 Å². The SMILES string of the molecule is N#Cc1ccc(Nc2ccc(Cl)c(C(=O)O)c2)cc1Br. The van der Waals surface area contributed by atoms with Crippen molar-refractivity contribution in [3.8, 4) is 6.07 Å². The van der Waals surface area contributed by atoms with Gasteiger partial charge in [-0.25, -0.2) is 4.79 Å². The number of halogens is 2. The summed E-state index contributed by atoms with van der Waals surface area (Å²) in [6.07, 6.45) is 0. The molecule has 0 atom stereocenters. The van der Waals surface area contributed by atoms with Crippen molar-refractivity contribution in [2.24, 2.45) is 0 Å². The summed E-state index contributed by atoms with van der Waals surface area (Å²) in [6, 6.07) is 11.8. The van der Waals surface area contributed by atoms with Crippen LogP contribution in [0.1, 0.15) is 15.9 Å². The van der Waals surface area contributed by atoms with E-state index in [1.54, 1.807) is 24.3 Å². The summed E-state index contributed by atoms with van der Waals surface area (Å²) in [5, 5.41) is 21.1. The van der Waals surface area contributed by atoms with Gasteiger partial charge in [-0.1, -0.05) is 11.6 Å². The van der Waals surface area contributed by atoms with E-state index >= 15 is 0 Å². The Morgan fingerprint density at radius 2 is 1.90 bits per heavy atom. The zero-order valence-electron chi connectivity index (χ0n) is 10.0. The van der Waals surface area contributed by atoms with Gasteiger partial charge in [0.25, 0.3) is 0 Å². The number of hydrogen-bond acceptors (Lipinski definition) is 3. The molecule has 0 aliphatic carbocycles. The largest absolute Gasteiger partial charge is 0.478 e. The number of nitrogens with zero attached hydrogens (tertiary/aromatic N) is 1. The molecule has 0 saturated carbocycles. The molecular weight excluding hydrogens is 344 g/mol. The maximum Gasteiger partial charge on any atom is 0.337 e. The van der Waals surface area contributed by atoms with E-state index in [1.807, 2.05) is 6.07 Å². The van der Waals surface area contributed by atoms with E-state index in [1.165, 1.54) is 12.1 Å². The van der Waals surface area contributed by atoms with Crippen molar-refractivity contribution in [3.63, 3.8) is 0 Å². The molecule has 4 nitrogen and oxygen atoms in total. The number of nitrogens with one attached hydrogen (secondary N) is 1. The first-order valence-corrected chi connectivity index (χ1v) is 6.68. The smallest absolute Gasteiger partial charge is 0.337 e. The summed E-state index contributed by atoms with van der Waals surface area (Å²) in [5.74, 6) is -1.08. The van der Waals surface area contributed by atoms with Crippen LogP contribution in [0.2, 0.25) is 5.02 Å². The van der Waals surface area contributed by atoms with E-state index in [2.05, 4.69) is 21.2 Å². The van der Waals surface area contributed by atoms with E-state index < -0.39 is 5.97 Å². The first-order valence-electron chi connectivity index (χ1n) is 5.51. The Kier molecular flexibility index (Phi) is 4.28. The first kappa shape index (κ1) is 14.4. The number of carboxylic acid groups (broad SMARTS) is 1. The minimum Gasteiger partial charge on any atom is -0.478 e. The Hall–Kier alpha value is -2.03. The first-order chi connectivity index (χ1) is 9.51. The standard InChI is InChI=1S/C14H8BrClN2O2/c15-12-6-10(2-1-8(12)7-17)18-9-3-4-13(16)11(5-9)14(19)20/h1-6,18H,(H,19,20). The summed E-state index contributed by atoms with van der Waals surface area (Å²) >= 11 is 9.10. The number of aromatic carboxylic acids is 1. The maximum absolute atomic E-state index is 11.0. The Bertz CT molecular complexity index is 726. The fourth-order valence-electron chi connectivity index (χ4n) is 1.62. The molecule has 2 rings (SSSR count). The molecule has 6 heteroatoms. The van der Waals surface area contributed by atoms with Gasteiger partial charge in [-0.05, 0) is 52.3 Å². The Morgan fingerprint density at radius 1 is 1.25 bits per heavy atom. The van der Waals surface area contributed by atoms with Crippen LogP contribution in [0.4, 0.5) is 11.4 Å². The van der Waals surface area contributed by atoms with Crippen molar-refractivity contribution in [1.29, 1.82) is 5.26 Å². The third-order valence-corrected chi connectivity index (χ3v) is 3.56. The zero-order chi connectivity index (χ0) is 14.7. The number of carbonyl (C=O) groups is 1. The number of rotatable bonds is 3. The number of hydrogen-bond donors (Lipinski definition) is 2. The van der Waals surface area contributed by atoms with E-state index in [-0.39, 0.29) is 10.6 Å². The Labute approximate surface area is 128 Å². The van der Waals surface area contributed by atoms with Crippen LogP contribution in [-0.2, 0) is 0 Å². The highest BCUT2D eigenvalue weighted by Crippen LogP contribution is 2.26. The monoisotopic (exact) mass is 350 g/mol. The minimum atomic E-state index is -1.08. The van der Waals surface area contributed by atoms with Gasteiger partial charge in [0.2, 0.25) is 0 Å². The number of anilines is 2. The molecule has 0 fully saturated rings. The van der Waals surface area contributed by atoms with Crippen molar-refractivity contribution >= 4 is 44.9 Å². The van der Waals surface area contributed by atoms with Crippen LogP contribution >= 0.6 is 27.5 Å². The van der Waals surface area contributed by atoms with E-state index in [0.29, 0.717) is 15.7 Å². The lowest BCUT2D eigenvalue weighted by Crippen LogP contribution is -1.99. The molecule has 2 aromatic rings. The van der Waals surface area contributed by atoms with Gasteiger partial charge >= 0.3 is 5.97 Å². The van der Waals surface area contributed by atoms with Gasteiger partial charge in [-0.15, -0.1) is 0 Å². The van der Waals surface area contributed by atoms with Gasteiger partial charge in [0, 0.05) is 15.8 Å². The van der Waals surface area contributed by atoms with Crippen molar-refractivity contribution < 1.29 is 9.90 Å².